The summed E-state index contributed by atoms with van der Waals surface area (Å²) in [6.07, 6.45) is 4.51. The van der Waals surface area contributed by atoms with Crippen molar-refractivity contribution in [2.75, 3.05) is 37.7 Å². The smallest absolute Gasteiger partial charge is 0.282 e. The molecule has 4 fully saturated rings. The molecule has 7 nitrogen and oxygen atoms in total. The maximum Gasteiger partial charge on any atom is 0.282 e. The van der Waals surface area contributed by atoms with Crippen molar-refractivity contribution < 1.29 is 23.0 Å². The number of fused-ring (bicyclic) bond motifs is 2. The Labute approximate surface area is 149 Å². The first-order valence-electron chi connectivity index (χ1n) is 9.04. The molecule has 0 spiro atoms. The molecule has 4 aliphatic rings. The highest BCUT2D eigenvalue weighted by Crippen LogP contribution is 2.37. The molecule has 1 saturated carbocycles. The Morgan fingerprint density at radius 1 is 1.38 bits per heavy atom. The topological polar surface area (TPSA) is 67.8 Å². The Morgan fingerprint density at radius 2 is 2.19 bits per heavy atom. The number of hydrogen-bond acceptors (Lipinski definition) is 6. The molecule has 5 rings (SSSR count). The Bertz CT molecular complexity index is 735. The van der Waals surface area contributed by atoms with E-state index in [1.54, 1.807) is 4.90 Å². The summed E-state index contributed by atoms with van der Waals surface area (Å²) in [7, 11) is 0. The fraction of sp³-hybridized carbons (Fsp3) is 0.706. The van der Waals surface area contributed by atoms with E-state index >= 15 is 0 Å². The Kier molecular flexibility index (Phi) is 3.57. The number of anilines is 1. The average Bonchev–Trinajstić information content (AvgIpc) is 3.19. The first kappa shape index (κ1) is 16.2. The van der Waals surface area contributed by atoms with Crippen LogP contribution in [0.4, 0.5) is 14.6 Å². The summed E-state index contributed by atoms with van der Waals surface area (Å²) in [6, 6.07) is 0.0823. The van der Waals surface area contributed by atoms with E-state index in [0.29, 0.717) is 31.5 Å². The zero-order valence-electron chi connectivity index (χ0n) is 14.2. The second-order valence-corrected chi connectivity index (χ2v) is 7.65. The van der Waals surface area contributed by atoms with Crippen molar-refractivity contribution >= 4 is 11.7 Å². The molecule has 4 heterocycles. The number of morpholine rings is 1. The fourth-order valence-corrected chi connectivity index (χ4v) is 3.72. The van der Waals surface area contributed by atoms with Crippen LogP contribution in [0.25, 0.3) is 0 Å². The van der Waals surface area contributed by atoms with Gasteiger partial charge in [0.25, 0.3) is 17.7 Å². The van der Waals surface area contributed by atoms with E-state index in [-0.39, 0.29) is 29.6 Å². The molecule has 1 unspecified atom stereocenters. The number of carbonyl (C=O) groups excluding carboxylic acids is 1. The van der Waals surface area contributed by atoms with Crippen LogP contribution in [0.2, 0.25) is 0 Å². The molecule has 26 heavy (non-hydrogen) atoms. The van der Waals surface area contributed by atoms with Gasteiger partial charge >= 0.3 is 0 Å². The van der Waals surface area contributed by atoms with Gasteiger partial charge < -0.3 is 19.3 Å². The number of alkyl halides is 2. The summed E-state index contributed by atoms with van der Waals surface area (Å²) in [5.41, 5.74) is 0.194. The van der Waals surface area contributed by atoms with Gasteiger partial charge in [-0.15, -0.1) is 0 Å². The van der Waals surface area contributed by atoms with Gasteiger partial charge in [-0.05, 0) is 25.2 Å². The van der Waals surface area contributed by atoms with Crippen LogP contribution in [-0.4, -0.2) is 71.7 Å². The number of aromatic nitrogens is 2. The predicted molar refractivity (Wildman–Crippen MR) is 86.6 cm³/mol. The van der Waals surface area contributed by atoms with Gasteiger partial charge in [0.05, 0.1) is 44.6 Å². The fourth-order valence-electron chi connectivity index (χ4n) is 3.72. The third-order valence-corrected chi connectivity index (χ3v) is 5.40. The molecule has 2 bridgehead atoms. The van der Waals surface area contributed by atoms with Crippen LogP contribution in [0.15, 0.2) is 6.20 Å². The first-order valence-corrected chi connectivity index (χ1v) is 9.04. The lowest BCUT2D eigenvalue weighted by Crippen LogP contribution is -2.56. The van der Waals surface area contributed by atoms with Crippen LogP contribution in [0.5, 0.6) is 5.88 Å². The monoisotopic (exact) mass is 366 g/mol. The minimum Gasteiger partial charge on any atom is -0.475 e. The maximum absolute atomic E-state index is 13.2. The van der Waals surface area contributed by atoms with Crippen molar-refractivity contribution in [1.82, 2.24) is 14.9 Å². The lowest BCUT2D eigenvalue weighted by molar-refractivity contribution is -0.0270. The molecule has 1 aliphatic carbocycles. The van der Waals surface area contributed by atoms with E-state index in [0.717, 1.165) is 19.3 Å². The van der Waals surface area contributed by atoms with Gasteiger partial charge in [0.2, 0.25) is 0 Å². The van der Waals surface area contributed by atoms with Crippen LogP contribution in [0.1, 0.15) is 29.8 Å². The van der Waals surface area contributed by atoms with E-state index < -0.39 is 19.0 Å². The van der Waals surface area contributed by atoms with E-state index in [4.69, 9.17) is 9.47 Å². The van der Waals surface area contributed by atoms with Gasteiger partial charge in [0.1, 0.15) is 0 Å². The average molecular weight is 366 g/mol. The predicted octanol–water partition coefficient (Wildman–Crippen LogP) is 1.33. The summed E-state index contributed by atoms with van der Waals surface area (Å²) in [4.78, 5) is 24.6. The highest BCUT2D eigenvalue weighted by molar-refractivity contribution is 5.93. The standard InChI is InChI=1S/C17H20F2N4O3/c18-17(19)8-22(9-17)14-15(26-6-10-1-2-10)21-13(4-20-14)16(24)23-5-12-3-11(23)7-25-12/h4,10-12H,1-3,5-9H2/t11-,12?/m1/s1. The van der Waals surface area contributed by atoms with Crippen LogP contribution in [0, 0.1) is 5.92 Å². The van der Waals surface area contributed by atoms with Crippen molar-refractivity contribution in [1.29, 1.82) is 0 Å². The number of amides is 1. The van der Waals surface area contributed by atoms with E-state index in [1.807, 2.05) is 0 Å². The normalized spacial score (nSPS) is 29.0. The largest absolute Gasteiger partial charge is 0.475 e. The molecular weight excluding hydrogens is 346 g/mol. The molecule has 0 N–H and O–H groups in total. The number of halogens is 2. The van der Waals surface area contributed by atoms with E-state index in [9.17, 15) is 13.6 Å². The van der Waals surface area contributed by atoms with Crippen molar-refractivity contribution in [2.45, 2.75) is 37.3 Å². The minimum atomic E-state index is -2.71. The summed E-state index contributed by atoms with van der Waals surface area (Å²) in [6.45, 7) is 0.787. The maximum atomic E-state index is 13.2. The number of carbonyl (C=O) groups is 1. The molecule has 9 heteroatoms. The van der Waals surface area contributed by atoms with Crippen LogP contribution in [0.3, 0.4) is 0 Å². The van der Waals surface area contributed by atoms with Gasteiger partial charge in [-0.3, -0.25) is 4.79 Å². The summed E-state index contributed by atoms with van der Waals surface area (Å²) in [5, 5.41) is 0. The van der Waals surface area contributed by atoms with Crippen LogP contribution in [-0.2, 0) is 4.74 Å². The summed E-state index contributed by atoms with van der Waals surface area (Å²) < 4.78 is 37.7. The molecule has 140 valence electrons. The molecular formula is C17H20F2N4O3. The quantitative estimate of drug-likeness (QED) is 0.783. The number of rotatable bonds is 5. The molecule has 0 aromatic carbocycles. The van der Waals surface area contributed by atoms with Crippen LogP contribution < -0.4 is 9.64 Å². The van der Waals surface area contributed by atoms with Crippen molar-refractivity contribution in [3.8, 4) is 5.88 Å². The number of likely N-dealkylation sites (tertiary alicyclic amines) is 1. The number of nitrogens with zero attached hydrogens (tertiary/aromatic N) is 4. The third kappa shape index (κ3) is 2.87. The van der Waals surface area contributed by atoms with Gasteiger partial charge in [-0.25, -0.2) is 18.7 Å². The Balaban J connectivity index is 1.37. The molecule has 1 aromatic heterocycles. The molecule has 2 atom stereocenters. The molecule has 3 aliphatic heterocycles. The third-order valence-electron chi connectivity index (χ3n) is 5.40. The van der Waals surface area contributed by atoms with Crippen molar-refractivity contribution in [3.05, 3.63) is 11.9 Å². The minimum absolute atomic E-state index is 0.0823. The zero-order valence-corrected chi connectivity index (χ0v) is 14.2. The Morgan fingerprint density at radius 3 is 2.81 bits per heavy atom. The highest BCUT2D eigenvalue weighted by Gasteiger charge is 2.46. The molecule has 1 amide bonds. The Hall–Kier alpha value is -2.03. The SMILES string of the molecule is O=C(c1cnc(N2CC(F)(F)C2)c(OCC2CC2)n1)N1CC2C[C@@H]1CO2. The summed E-state index contributed by atoms with van der Waals surface area (Å²) >= 11 is 0. The second kappa shape index (κ2) is 5.73. The first-order chi connectivity index (χ1) is 12.5. The van der Waals surface area contributed by atoms with Crippen molar-refractivity contribution in [2.24, 2.45) is 5.92 Å². The molecule has 0 radical (unpaired) electrons. The lowest BCUT2D eigenvalue weighted by Gasteiger charge is -2.39. The van der Waals surface area contributed by atoms with Gasteiger partial charge in [0, 0.05) is 6.54 Å². The highest BCUT2D eigenvalue weighted by atomic mass is 19.3. The van der Waals surface area contributed by atoms with Crippen LogP contribution >= 0.6 is 0 Å². The van der Waals surface area contributed by atoms with Gasteiger partial charge in [0.15, 0.2) is 11.5 Å². The zero-order chi connectivity index (χ0) is 17.9. The van der Waals surface area contributed by atoms with E-state index in [2.05, 4.69) is 9.97 Å². The molecule has 1 aromatic rings. The second-order valence-electron chi connectivity index (χ2n) is 7.65. The lowest BCUT2D eigenvalue weighted by atomic mass is 10.1. The number of hydrogen-bond donors (Lipinski definition) is 0. The number of ether oxygens (including phenoxy) is 2. The van der Waals surface area contributed by atoms with Crippen molar-refractivity contribution in [3.63, 3.8) is 0 Å². The summed E-state index contributed by atoms with van der Waals surface area (Å²) in [5.74, 6) is -1.96. The van der Waals surface area contributed by atoms with E-state index in [1.165, 1.54) is 11.1 Å². The molecule has 3 saturated heterocycles. The van der Waals surface area contributed by atoms with Gasteiger partial charge in [-0.1, -0.05) is 0 Å². The van der Waals surface area contributed by atoms with Gasteiger partial charge in [-0.2, -0.15) is 0 Å².